The van der Waals surface area contributed by atoms with Gasteiger partial charge in [0.05, 0.1) is 16.0 Å². The summed E-state index contributed by atoms with van der Waals surface area (Å²) in [5, 5.41) is 11.6. The van der Waals surface area contributed by atoms with Crippen molar-refractivity contribution in [1.29, 1.82) is 0 Å². The van der Waals surface area contributed by atoms with Crippen LogP contribution in [0, 0.1) is 17.0 Å². The van der Waals surface area contributed by atoms with Crippen molar-refractivity contribution in [3.63, 3.8) is 0 Å². The fourth-order valence-electron chi connectivity index (χ4n) is 2.59. The van der Waals surface area contributed by atoms with Gasteiger partial charge in [0.1, 0.15) is 0 Å². The number of carboxylic acid groups (broad SMARTS) is 1. The number of amides is 1. The van der Waals surface area contributed by atoms with Gasteiger partial charge in [-0.2, -0.15) is 0 Å². The lowest BCUT2D eigenvalue weighted by Crippen LogP contribution is -2.47. The fraction of sp³-hybridized carbons (Fsp3) is 0.429. The number of carbonyl (C=O) groups is 2. The number of rotatable bonds is 3. The van der Waals surface area contributed by atoms with Gasteiger partial charge in [0.2, 0.25) is 0 Å². The summed E-state index contributed by atoms with van der Waals surface area (Å²) in [5.41, 5.74) is -1.28. The molecule has 0 saturated heterocycles. The Morgan fingerprint density at radius 1 is 1.38 bits per heavy atom. The van der Waals surface area contributed by atoms with Crippen LogP contribution in [0.2, 0.25) is 5.02 Å². The maximum Gasteiger partial charge on any atom is 0.311 e. The highest BCUT2D eigenvalue weighted by molar-refractivity contribution is 6.33. The molecule has 2 unspecified atom stereocenters. The number of benzene rings is 1. The molecule has 1 aromatic rings. The van der Waals surface area contributed by atoms with E-state index in [-0.39, 0.29) is 10.6 Å². The number of carboxylic acids is 1. The molecule has 0 spiro atoms. The number of carbonyl (C=O) groups excluding carboxylic acids is 1. The van der Waals surface area contributed by atoms with E-state index >= 15 is 0 Å². The molecule has 0 radical (unpaired) electrons. The number of nitrogens with one attached hydrogen (secondary N) is 1. The topological polar surface area (TPSA) is 66.4 Å². The van der Waals surface area contributed by atoms with Gasteiger partial charge < -0.3 is 10.4 Å². The van der Waals surface area contributed by atoms with Crippen LogP contribution in [-0.2, 0) is 4.79 Å². The van der Waals surface area contributed by atoms with Gasteiger partial charge in [0.15, 0.2) is 11.6 Å². The molecule has 21 heavy (non-hydrogen) atoms. The molecule has 2 atom stereocenters. The fourth-order valence-corrected chi connectivity index (χ4v) is 2.82. The molecule has 7 heteroatoms. The van der Waals surface area contributed by atoms with Crippen molar-refractivity contribution < 1.29 is 23.5 Å². The van der Waals surface area contributed by atoms with Crippen molar-refractivity contribution >= 4 is 23.5 Å². The third-order valence-electron chi connectivity index (χ3n) is 4.01. The van der Waals surface area contributed by atoms with E-state index in [1.807, 2.05) is 0 Å². The summed E-state index contributed by atoms with van der Waals surface area (Å²) in [4.78, 5) is 23.4. The largest absolute Gasteiger partial charge is 0.481 e. The van der Waals surface area contributed by atoms with Crippen LogP contribution in [-0.4, -0.2) is 23.0 Å². The molecule has 1 saturated carbocycles. The molecule has 2 rings (SSSR count). The predicted octanol–water partition coefficient (Wildman–Crippen LogP) is 2.99. The van der Waals surface area contributed by atoms with Crippen molar-refractivity contribution in [2.24, 2.45) is 5.41 Å². The predicted molar refractivity (Wildman–Crippen MR) is 72.2 cm³/mol. The van der Waals surface area contributed by atoms with E-state index in [1.54, 1.807) is 6.92 Å². The van der Waals surface area contributed by atoms with E-state index in [1.165, 1.54) is 0 Å². The van der Waals surface area contributed by atoms with Crippen molar-refractivity contribution in [3.8, 4) is 0 Å². The maximum absolute atomic E-state index is 13.2. The van der Waals surface area contributed by atoms with E-state index in [9.17, 15) is 23.5 Å². The number of hydrogen-bond acceptors (Lipinski definition) is 2. The van der Waals surface area contributed by atoms with Crippen LogP contribution in [0.5, 0.6) is 0 Å². The molecule has 0 heterocycles. The second-order valence-electron chi connectivity index (χ2n) is 5.39. The molecule has 1 aliphatic rings. The molecular weight excluding hydrogens is 304 g/mol. The first-order chi connectivity index (χ1) is 9.75. The molecule has 1 fully saturated rings. The average molecular weight is 318 g/mol. The molecule has 1 amide bonds. The molecular formula is C14H14ClF2NO3. The molecule has 0 bridgehead atoms. The van der Waals surface area contributed by atoms with Gasteiger partial charge in [0, 0.05) is 6.04 Å². The standard InChI is InChI=1S/C14H14ClF2NO3/c1-14(13(20)21)4-2-3-11(14)18-12(19)7-5-9(16)10(17)6-8(7)15/h5-6,11H,2-4H2,1H3,(H,18,19)(H,20,21). The SMILES string of the molecule is CC1(C(=O)O)CCCC1NC(=O)c1cc(F)c(F)cc1Cl. The van der Waals surface area contributed by atoms with Crippen LogP contribution in [0.3, 0.4) is 0 Å². The van der Waals surface area contributed by atoms with E-state index in [4.69, 9.17) is 11.6 Å². The van der Waals surface area contributed by atoms with E-state index in [0.717, 1.165) is 6.07 Å². The number of halogens is 3. The van der Waals surface area contributed by atoms with Crippen LogP contribution in [0.4, 0.5) is 8.78 Å². The van der Waals surface area contributed by atoms with Gasteiger partial charge in [-0.05, 0) is 31.9 Å². The van der Waals surface area contributed by atoms with Crippen LogP contribution in [0.25, 0.3) is 0 Å². The monoisotopic (exact) mass is 317 g/mol. The molecule has 1 aliphatic carbocycles. The first kappa shape index (κ1) is 15.7. The summed E-state index contributed by atoms with van der Waals surface area (Å²) in [7, 11) is 0. The number of hydrogen-bond donors (Lipinski definition) is 2. The minimum absolute atomic E-state index is 0.213. The maximum atomic E-state index is 13.2. The summed E-state index contributed by atoms with van der Waals surface area (Å²) >= 11 is 5.73. The Bertz CT molecular complexity index is 608. The Morgan fingerprint density at radius 2 is 2.00 bits per heavy atom. The Morgan fingerprint density at radius 3 is 2.62 bits per heavy atom. The van der Waals surface area contributed by atoms with Crippen molar-refractivity contribution in [2.75, 3.05) is 0 Å². The lowest BCUT2D eigenvalue weighted by atomic mass is 9.85. The Labute approximate surface area is 125 Å². The quantitative estimate of drug-likeness (QED) is 0.842. The first-order valence-corrected chi connectivity index (χ1v) is 6.82. The van der Waals surface area contributed by atoms with Crippen LogP contribution in [0.15, 0.2) is 12.1 Å². The zero-order chi connectivity index (χ0) is 15.8. The highest BCUT2D eigenvalue weighted by Crippen LogP contribution is 2.38. The lowest BCUT2D eigenvalue weighted by Gasteiger charge is -2.27. The first-order valence-electron chi connectivity index (χ1n) is 6.44. The third kappa shape index (κ3) is 2.85. The van der Waals surface area contributed by atoms with E-state index < -0.39 is 35.0 Å². The highest BCUT2D eigenvalue weighted by atomic mass is 35.5. The van der Waals surface area contributed by atoms with Crippen molar-refractivity contribution in [3.05, 3.63) is 34.4 Å². The Balaban J connectivity index is 2.23. The summed E-state index contributed by atoms with van der Waals surface area (Å²) in [5.74, 6) is -4.04. The summed E-state index contributed by atoms with van der Waals surface area (Å²) < 4.78 is 26.2. The summed E-state index contributed by atoms with van der Waals surface area (Å²) in [6, 6.07) is 0.850. The van der Waals surface area contributed by atoms with E-state index in [0.29, 0.717) is 25.3 Å². The zero-order valence-electron chi connectivity index (χ0n) is 11.3. The third-order valence-corrected chi connectivity index (χ3v) is 4.32. The zero-order valence-corrected chi connectivity index (χ0v) is 12.0. The van der Waals surface area contributed by atoms with Crippen LogP contribution in [0.1, 0.15) is 36.5 Å². The summed E-state index contributed by atoms with van der Waals surface area (Å²) in [6.07, 6.45) is 1.62. The van der Waals surface area contributed by atoms with Crippen LogP contribution < -0.4 is 5.32 Å². The van der Waals surface area contributed by atoms with Crippen molar-refractivity contribution in [1.82, 2.24) is 5.32 Å². The van der Waals surface area contributed by atoms with Gasteiger partial charge in [-0.3, -0.25) is 9.59 Å². The second-order valence-corrected chi connectivity index (χ2v) is 5.79. The Hall–Kier alpha value is -1.69. The van der Waals surface area contributed by atoms with Gasteiger partial charge >= 0.3 is 5.97 Å². The van der Waals surface area contributed by atoms with Gasteiger partial charge in [-0.1, -0.05) is 18.0 Å². The molecule has 1 aromatic carbocycles. The Kier molecular flexibility index (Phi) is 4.18. The smallest absolute Gasteiger partial charge is 0.311 e. The minimum Gasteiger partial charge on any atom is -0.481 e. The minimum atomic E-state index is -1.18. The molecule has 0 aliphatic heterocycles. The molecule has 2 N–H and O–H groups in total. The second kappa shape index (κ2) is 5.60. The van der Waals surface area contributed by atoms with Gasteiger partial charge in [-0.25, -0.2) is 8.78 Å². The highest BCUT2D eigenvalue weighted by Gasteiger charge is 2.46. The summed E-state index contributed by atoms with van der Waals surface area (Å²) in [6.45, 7) is 1.56. The molecule has 4 nitrogen and oxygen atoms in total. The molecule has 0 aromatic heterocycles. The van der Waals surface area contributed by atoms with Gasteiger partial charge in [-0.15, -0.1) is 0 Å². The normalized spacial score (nSPS) is 24.9. The molecule has 114 valence electrons. The number of aliphatic carboxylic acids is 1. The average Bonchev–Trinajstić information content (AvgIpc) is 2.76. The van der Waals surface area contributed by atoms with Crippen molar-refractivity contribution in [2.45, 2.75) is 32.2 Å². The van der Waals surface area contributed by atoms with Gasteiger partial charge in [0.25, 0.3) is 5.91 Å². The lowest BCUT2D eigenvalue weighted by molar-refractivity contribution is -0.148. The van der Waals surface area contributed by atoms with Crippen LogP contribution >= 0.6 is 11.6 Å². The van der Waals surface area contributed by atoms with E-state index in [2.05, 4.69) is 5.32 Å².